The molecule has 0 aromatic heterocycles. The van der Waals surface area contributed by atoms with Crippen molar-refractivity contribution in [3.05, 3.63) is 89.4 Å². The van der Waals surface area contributed by atoms with E-state index in [0.717, 1.165) is 59.4 Å². The fraction of sp³-hybridized carbons (Fsp3) is 0.409. The van der Waals surface area contributed by atoms with Crippen LogP contribution in [-0.2, 0) is 9.59 Å². The second-order valence-electron chi connectivity index (χ2n) is 15.0. The molecule has 0 atom stereocenters. The van der Waals surface area contributed by atoms with Gasteiger partial charge in [0.15, 0.2) is 0 Å². The third kappa shape index (κ3) is 10.2. The molecule has 290 valence electrons. The van der Waals surface area contributed by atoms with Crippen molar-refractivity contribution >= 4 is 63.0 Å². The number of hydrogen-bond acceptors (Lipinski definition) is 8. The summed E-state index contributed by atoms with van der Waals surface area (Å²) in [6.07, 6.45) is 11.9. The van der Waals surface area contributed by atoms with Gasteiger partial charge in [-0.1, -0.05) is 96.9 Å². The van der Waals surface area contributed by atoms with Crippen LogP contribution in [0, 0.1) is 0 Å². The summed E-state index contributed by atoms with van der Waals surface area (Å²) in [6, 6.07) is 29.8. The lowest BCUT2D eigenvalue weighted by Crippen LogP contribution is -2.41. The maximum atomic E-state index is 12.8. The normalized spacial score (nSPS) is 16.5. The van der Waals surface area contributed by atoms with Crippen molar-refractivity contribution in [1.82, 2.24) is 15.5 Å². The molecule has 0 unspecified atom stereocenters. The Kier molecular flexibility index (Phi) is 13.7. The number of fused-ring (bicyclic) bond motifs is 6. The Morgan fingerprint density at radius 1 is 0.691 bits per heavy atom. The van der Waals surface area contributed by atoms with Crippen molar-refractivity contribution < 1.29 is 14.3 Å². The van der Waals surface area contributed by atoms with Gasteiger partial charge in [0, 0.05) is 49.6 Å². The third-order valence-electron chi connectivity index (χ3n) is 10.6. The highest BCUT2D eigenvalue weighted by Gasteiger charge is 2.28. The fourth-order valence-corrected chi connectivity index (χ4v) is 10.5. The number of benzene rings is 4. The summed E-state index contributed by atoms with van der Waals surface area (Å²) in [5.74, 6) is 1.08. The minimum atomic E-state index is 0.103. The van der Waals surface area contributed by atoms with E-state index in [2.05, 4.69) is 107 Å². The number of carbonyl (C=O) groups is 2. The van der Waals surface area contributed by atoms with Crippen LogP contribution in [0.25, 0.3) is 22.3 Å². The zero-order valence-corrected chi connectivity index (χ0v) is 35.1. The lowest BCUT2D eigenvalue weighted by molar-refractivity contribution is -0.121. The van der Waals surface area contributed by atoms with Crippen LogP contribution in [0.15, 0.2) is 99.2 Å². The minimum absolute atomic E-state index is 0.103. The highest BCUT2D eigenvalue weighted by atomic mass is 79.9. The molecule has 4 aromatic carbocycles. The van der Waals surface area contributed by atoms with E-state index in [0.29, 0.717) is 31.8 Å². The number of ether oxygens (including phenoxy) is 1. The molecule has 0 saturated heterocycles. The molecule has 2 amide bonds. The summed E-state index contributed by atoms with van der Waals surface area (Å²) >= 11 is 6.98. The largest absolute Gasteiger partial charge is 0.492 e. The van der Waals surface area contributed by atoms with Gasteiger partial charge >= 0.3 is 0 Å². The molecule has 2 saturated carbocycles. The first-order valence-electron chi connectivity index (χ1n) is 19.7. The molecule has 2 N–H and O–H groups in total. The van der Waals surface area contributed by atoms with Gasteiger partial charge in [-0.25, -0.2) is 0 Å². The van der Waals surface area contributed by atoms with E-state index < -0.39 is 0 Å². The summed E-state index contributed by atoms with van der Waals surface area (Å²) in [7, 11) is 4.08. The number of hydrogen-bond donors (Lipinski definition) is 2. The molecule has 0 spiro atoms. The van der Waals surface area contributed by atoms with Crippen LogP contribution in [-0.4, -0.2) is 69.1 Å². The first-order chi connectivity index (χ1) is 26.8. The number of rotatable bonds is 10. The second-order valence-corrected chi connectivity index (χ2v) is 18.0. The van der Waals surface area contributed by atoms with E-state index in [4.69, 9.17) is 4.74 Å². The van der Waals surface area contributed by atoms with Crippen LogP contribution in [0.3, 0.4) is 0 Å². The van der Waals surface area contributed by atoms with Crippen LogP contribution in [0.1, 0.15) is 64.2 Å². The molecule has 2 aliphatic heterocycles. The second kappa shape index (κ2) is 19.0. The number of carbonyl (C=O) groups excluding carboxylic acids is 2. The number of nitrogens with zero attached hydrogens (tertiary/aromatic N) is 3. The lowest BCUT2D eigenvalue weighted by atomic mass is 9.95. The Balaban J connectivity index is 0.000000172. The van der Waals surface area contributed by atoms with E-state index >= 15 is 0 Å². The highest BCUT2D eigenvalue weighted by molar-refractivity contribution is 9.10. The number of halogens is 1. The van der Waals surface area contributed by atoms with Gasteiger partial charge in [-0.2, -0.15) is 0 Å². The van der Waals surface area contributed by atoms with Gasteiger partial charge in [-0.15, -0.1) is 0 Å². The monoisotopic (exact) mass is 841 g/mol. The van der Waals surface area contributed by atoms with Crippen molar-refractivity contribution in [2.75, 3.05) is 48.9 Å². The van der Waals surface area contributed by atoms with Crippen LogP contribution < -0.4 is 24.0 Å². The Morgan fingerprint density at radius 2 is 1.25 bits per heavy atom. The molecule has 8 rings (SSSR count). The Hall–Kier alpha value is -3.64. The van der Waals surface area contributed by atoms with Crippen LogP contribution in [0.5, 0.6) is 5.75 Å². The smallest absolute Gasteiger partial charge is 0.240 e. The predicted octanol–water partition coefficient (Wildman–Crippen LogP) is 9.96. The zero-order chi connectivity index (χ0) is 38.1. The van der Waals surface area contributed by atoms with Gasteiger partial charge in [0.2, 0.25) is 11.8 Å². The molecule has 8 nitrogen and oxygen atoms in total. The molecule has 11 heteroatoms. The Morgan fingerprint density at radius 3 is 1.87 bits per heavy atom. The quantitative estimate of drug-likeness (QED) is 0.153. The predicted molar refractivity (Wildman–Crippen MR) is 232 cm³/mol. The topological polar surface area (TPSA) is 77.2 Å². The van der Waals surface area contributed by atoms with Crippen LogP contribution in [0.4, 0.5) is 11.4 Å². The first kappa shape index (κ1) is 39.6. The molecule has 2 aliphatic carbocycles. The number of likely N-dealkylation sites (N-methyl/N-ethyl adjacent to an activating group) is 1. The van der Waals surface area contributed by atoms with Gasteiger partial charge in [-0.3, -0.25) is 9.59 Å². The summed E-state index contributed by atoms with van der Waals surface area (Å²) in [5.41, 5.74) is 6.87. The molecule has 4 aromatic rings. The van der Waals surface area contributed by atoms with Gasteiger partial charge in [0.25, 0.3) is 0 Å². The maximum absolute atomic E-state index is 12.8. The van der Waals surface area contributed by atoms with E-state index in [-0.39, 0.29) is 11.8 Å². The number of amides is 2. The van der Waals surface area contributed by atoms with Crippen LogP contribution in [0.2, 0.25) is 0 Å². The molecule has 4 aliphatic rings. The molecule has 55 heavy (non-hydrogen) atoms. The van der Waals surface area contributed by atoms with Crippen molar-refractivity contribution in [3.63, 3.8) is 0 Å². The van der Waals surface area contributed by atoms with Crippen molar-refractivity contribution in [3.8, 4) is 28.0 Å². The molecule has 0 radical (unpaired) electrons. The Labute approximate surface area is 343 Å². The van der Waals surface area contributed by atoms with Crippen molar-refractivity contribution in [2.45, 2.75) is 86.1 Å². The maximum Gasteiger partial charge on any atom is 0.240 e. The van der Waals surface area contributed by atoms with E-state index in [1.54, 1.807) is 23.9 Å². The first-order valence-corrected chi connectivity index (χ1v) is 22.0. The standard InChI is InChI=1S/C24H31N3O2S.C20H21BrN2OS/c1-26(2)14-15-29-19-12-13-22-21(16-19)20-10-6-7-11-23(20)30-27(22)17-24(28)25-18-8-4-3-5-9-18;21-16-10-6-11-17-20(16)15-9-4-5-12-18(15)25-23(17)13-19(24)22-14-7-2-1-3-8-14/h6-7,10-13,16,18H,3-5,8-9,14-15,17H2,1-2H3,(H,25,28);4-6,9-12,14H,1-3,7-8,13H2,(H,22,24). The number of anilines is 2. The van der Waals surface area contributed by atoms with Gasteiger partial charge < -0.3 is 28.9 Å². The SMILES string of the molecule is CN(C)CCOc1ccc2c(c1)-c1ccccc1SN2CC(=O)NC1CCCCC1.O=C(CN1Sc2ccccc2-c2c(Br)cccc21)NC1CCCCC1. The number of nitrogens with one attached hydrogen (secondary N) is 2. The van der Waals surface area contributed by atoms with Gasteiger partial charge in [0.05, 0.1) is 11.4 Å². The average Bonchev–Trinajstić information content (AvgIpc) is 3.19. The molecular formula is C44H52BrN5O3S2. The van der Waals surface area contributed by atoms with Gasteiger partial charge in [0.1, 0.15) is 25.4 Å². The van der Waals surface area contributed by atoms with E-state index in [9.17, 15) is 9.59 Å². The lowest BCUT2D eigenvalue weighted by Gasteiger charge is -2.32. The molecular weight excluding hydrogens is 791 g/mol. The molecule has 2 fully saturated rings. The fourth-order valence-electron chi connectivity index (χ4n) is 7.76. The summed E-state index contributed by atoms with van der Waals surface area (Å²) in [5, 5.41) is 6.48. The average molecular weight is 843 g/mol. The molecule has 0 bridgehead atoms. The van der Waals surface area contributed by atoms with Crippen molar-refractivity contribution in [1.29, 1.82) is 0 Å². The van der Waals surface area contributed by atoms with Gasteiger partial charge in [-0.05, 0) is 112 Å². The summed E-state index contributed by atoms with van der Waals surface area (Å²) < 4.78 is 11.3. The summed E-state index contributed by atoms with van der Waals surface area (Å²) in [6.45, 7) is 2.25. The van der Waals surface area contributed by atoms with Crippen molar-refractivity contribution in [2.24, 2.45) is 0 Å². The Bertz CT molecular complexity index is 1950. The summed E-state index contributed by atoms with van der Waals surface area (Å²) in [4.78, 5) is 29.8. The minimum Gasteiger partial charge on any atom is -0.492 e. The van der Waals surface area contributed by atoms with E-state index in [1.807, 2.05) is 32.3 Å². The zero-order valence-electron chi connectivity index (χ0n) is 31.9. The third-order valence-corrected chi connectivity index (χ3v) is 13.4. The highest BCUT2D eigenvalue weighted by Crippen LogP contribution is 2.49. The van der Waals surface area contributed by atoms with Crippen LogP contribution >= 0.6 is 39.8 Å². The van der Waals surface area contributed by atoms with E-state index in [1.165, 1.54) is 65.0 Å². The molecule has 2 heterocycles.